The van der Waals surface area contributed by atoms with Crippen molar-refractivity contribution in [3.05, 3.63) is 38.9 Å². The first-order valence-electron chi connectivity index (χ1n) is 7.87. The zero-order valence-corrected chi connectivity index (χ0v) is 17.0. The molecule has 1 rings (SSSR count). The summed E-state index contributed by atoms with van der Waals surface area (Å²) in [6.45, 7) is 6.55. The second kappa shape index (κ2) is 8.15. The molecule has 0 radical (unpaired) electrons. The van der Waals surface area contributed by atoms with E-state index in [9.17, 15) is 19.1 Å². The van der Waals surface area contributed by atoms with Crippen molar-refractivity contribution in [2.75, 3.05) is 6.61 Å². The fraction of sp³-hybridized carbons (Fsp3) is 0.562. The summed E-state index contributed by atoms with van der Waals surface area (Å²) in [6, 6.07) is 2.92. The van der Waals surface area contributed by atoms with E-state index >= 15 is 8.78 Å². The number of nitro groups is 1. The first kappa shape index (κ1) is 23.4. The lowest BCUT2D eigenvalue weighted by molar-refractivity contribution is -0.385. The standard InChI is InChI=1S/C16H21ClF2N2O5S/c1-6-26-13(22)16(18,19)15(5,20-27(25)14(2,3)4)11-9-10(21(23)24)7-8-12(11)17/h7-9,20H,6H2,1-5H3. The number of hydrogen-bond donors (Lipinski definition) is 1. The lowest BCUT2D eigenvalue weighted by atomic mass is 9.86. The first-order chi connectivity index (χ1) is 12.2. The van der Waals surface area contributed by atoms with Gasteiger partial charge in [0, 0.05) is 22.7 Å². The molecule has 7 nitrogen and oxygen atoms in total. The number of nitrogens with one attached hydrogen (secondary N) is 1. The molecular formula is C16H21ClF2N2O5S. The minimum Gasteiger partial charge on any atom is -0.461 e. The number of alkyl halides is 2. The Balaban J connectivity index is 3.70. The molecule has 0 heterocycles. The summed E-state index contributed by atoms with van der Waals surface area (Å²) in [5.74, 6) is -6.10. The molecule has 11 heteroatoms. The smallest absolute Gasteiger partial charge is 0.379 e. The molecule has 2 unspecified atom stereocenters. The van der Waals surface area contributed by atoms with E-state index in [1.54, 1.807) is 0 Å². The van der Waals surface area contributed by atoms with Crippen molar-refractivity contribution in [1.82, 2.24) is 4.72 Å². The Labute approximate surface area is 163 Å². The Hall–Kier alpha value is -1.65. The van der Waals surface area contributed by atoms with Gasteiger partial charge in [-0.25, -0.2) is 13.7 Å². The highest BCUT2D eigenvalue weighted by Gasteiger charge is 2.60. The van der Waals surface area contributed by atoms with E-state index in [0.717, 1.165) is 25.1 Å². The van der Waals surface area contributed by atoms with Crippen LogP contribution in [-0.2, 0) is 26.1 Å². The van der Waals surface area contributed by atoms with Crippen LogP contribution in [0.25, 0.3) is 0 Å². The average Bonchev–Trinajstić information content (AvgIpc) is 2.53. The van der Waals surface area contributed by atoms with Gasteiger partial charge in [0.05, 0.1) is 27.3 Å². The SMILES string of the molecule is CCOC(=O)C(F)(F)C(C)(NS(=O)C(C)(C)C)c1cc([N+](=O)[O-])ccc1Cl. The molecule has 0 aromatic heterocycles. The van der Waals surface area contributed by atoms with Crippen LogP contribution in [0.15, 0.2) is 18.2 Å². The monoisotopic (exact) mass is 426 g/mol. The Bertz CT molecular complexity index is 770. The van der Waals surface area contributed by atoms with Gasteiger partial charge in [0.2, 0.25) is 0 Å². The van der Waals surface area contributed by atoms with Crippen molar-refractivity contribution in [3.63, 3.8) is 0 Å². The lowest BCUT2D eigenvalue weighted by Crippen LogP contribution is -2.60. The molecule has 0 amide bonds. The topological polar surface area (TPSA) is 98.5 Å². The van der Waals surface area contributed by atoms with E-state index in [4.69, 9.17) is 11.6 Å². The van der Waals surface area contributed by atoms with Crippen molar-refractivity contribution in [1.29, 1.82) is 0 Å². The van der Waals surface area contributed by atoms with Gasteiger partial charge in [-0.3, -0.25) is 10.1 Å². The van der Waals surface area contributed by atoms with Crippen molar-refractivity contribution < 1.29 is 27.4 Å². The van der Waals surface area contributed by atoms with Crippen molar-refractivity contribution in [2.45, 2.75) is 50.8 Å². The van der Waals surface area contributed by atoms with Gasteiger partial charge in [0.1, 0.15) is 5.54 Å². The Kier molecular flexibility index (Phi) is 7.06. The Morgan fingerprint density at radius 1 is 1.33 bits per heavy atom. The third-order valence-corrected chi connectivity index (χ3v) is 5.75. The number of hydrogen-bond acceptors (Lipinski definition) is 5. The fourth-order valence-corrected chi connectivity index (χ4v) is 3.28. The Morgan fingerprint density at radius 2 is 1.89 bits per heavy atom. The van der Waals surface area contributed by atoms with Crippen LogP contribution in [-0.4, -0.2) is 32.4 Å². The number of non-ortho nitro benzene ring substituents is 1. The number of ether oxygens (including phenoxy) is 1. The van der Waals surface area contributed by atoms with Gasteiger partial charge in [0.25, 0.3) is 5.69 Å². The highest BCUT2D eigenvalue weighted by molar-refractivity contribution is 7.84. The summed E-state index contributed by atoms with van der Waals surface area (Å²) < 4.78 is 48.5. The summed E-state index contributed by atoms with van der Waals surface area (Å²) in [5, 5.41) is 10.8. The van der Waals surface area contributed by atoms with Crippen LogP contribution in [0.1, 0.15) is 40.2 Å². The van der Waals surface area contributed by atoms with Crippen LogP contribution in [0.5, 0.6) is 0 Å². The summed E-state index contributed by atoms with van der Waals surface area (Å²) in [5.41, 5.74) is -3.60. The second-order valence-electron chi connectivity index (χ2n) is 6.82. The van der Waals surface area contributed by atoms with Crippen LogP contribution in [0, 0.1) is 10.1 Å². The molecule has 0 spiro atoms. The van der Waals surface area contributed by atoms with E-state index in [1.807, 2.05) is 0 Å². The number of carbonyl (C=O) groups is 1. The second-order valence-corrected chi connectivity index (χ2v) is 9.20. The van der Waals surface area contributed by atoms with Crippen LogP contribution >= 0.6 is 11.6 Å². The molecule has 0 saturated heterocycles. The molecule has 0 aliphatic heterocycles. The molecule has 0 bridgehead atoms. The van der Waals surface area contributed by atoms with E-state index in [-0.39, 0.29) is 11.6 Å². The third kappa shape index (κ3) is 4.80. The number of carbonyl (C=O) groups excluding carboxylic acids is 1. The number of nitrogens with zero attached hydrogens (tertiary/aromatic N) is 1. The number of rotatable bonds is 7. The van der Waals surface area contributed by atoms with Gasteiger partial charge in [-0.1, -0.05) is 11.6 Å². The molecule has 1 aromatic carbocycles. The minimum atomic E-state index is -4.23. The molecule has 2 atom stereocenters. The van der Waals surface area contributed by atoms with Crippen LogP contribution < -0.4 is 4.72 Å². The number of benzene rings is 1. The predicted molar refractivity (Wildman–Crippen MR) is 98.1 cm³/mol. The summed E-state index contributed by atoms with van der Waals surface area (Å²) in [4.78, 5) is 22.2. The Morgan fingerprint density at radius 3 is 2.33 bits per heavy atom. The zero-order valence-electron chi connectivity index (χ0n) is 15.5. The summed E-state index contributed by atoms with van der Waals surface area (Å²) in [6.07, 6.45) is 0. The third-order valence-electron chi connectivity index (χ3n) is 3.71. The fourth-order valence-electron chi connectivity index (χ4n) is 2.06. The predicted octanol–water partition coefficient (Wildman–Crippen LogP) is 3.71. The largest absolute Gasteiger partial charge is 0.461 e. The quantitative estimate of drug-likeness (QED) is 0.407. The lowest BCUT2D eigenvalue weighted by Gasteiger charge is -2.38. The van der Waals surface area contributed by atoms with Crippen molar-refractivity contribution >= 4 is 34.2 Å². The number of esters is 1. The molecule has 0 saturated carbocycles. The van der Waals surface area contributed by atoms with Gasteiger partial charge in [-0.2, -0.15) is 8.78 Å². The molecule has 0 aliphatic rings. The normalized spacial score (nSPS) is 15.7. The summed E-state index contributed by atoms with van der Waals surface area (Å²) in [7, 11) is -2.07. The highest BCUT2D eigenvalue weighted by Crippen LogP contribution is 2.43. The van der Waals surface area contributed by atoms with Gasteiger partial charge < -0.3 is 4.74 Å². The maximum absolute atomic E-state index is 15.1. The van der Waals surface area contributed by atoms with Gasteiger partial charge in [-0.15, -0.1) is 0 Å². The first-order valence-corrected chi connectivity index (χ1v) is 9.40. The van der Waals surface area contributed by atoms with Gasteiger partial charge >= 0.3 is 11.9 Å². The number of nitro benzene ring substituents is 1. The molecule has 152 valence electrons. The van der Waals surface area contributed by atoms with Crippen molar-refractivity contribution in [2.24, 2.45) is 0 Å². The minimum absolute atomic E-state index is 0.259. The van der Waals surface area contributed by atoms with E-state index < -0.39 is 49.3 Å². The average molecular weight is 427 g/mol. The van der Waals surface area contributed by atoms with Crippen LogP contribution in [0.2, 0.25) is 5.02 Å². The van der Waals surface area contributed by atoms with E-state index in [1.165, 1.54) is 27.7 Å². The molecule has 0 fully saturated rings. The number of halogens is 3. The maximum Gasteiger partial charge on any atom is 0.379 e. The van der Waals surface area contributed by atoms with E-state index in [2.05, 4.69) is 9.46 Å². The van der Waals surface area contributed by atoms with Gasteiger partial charge in [0.15, 0.2) is 0 Å². The molecule has 27 heavy (non-hydrogen) atoms. The van der Waals surface area contributed by atoms with Crippen LogP contribution in [0.4, 0.5) is 14.5 Å². The van der Waals surface area contributed by atoms with Gasteiger partial charge in [-0.05, 0) is 40.7 Å². The molecule has 1 N–H and O–H groups in total. The molecular weight excluding hydrogens is 406 g/mol. The maximum atomic E-state index is 15.1. The zero-order chi connectivity index (χ0) is 21.2. The van der Waals surface area contributed by atoms with E-state index in [0.29, 0.717) is 0 Å². The highest BCUT2D eigenvalue weighted by atomic mass is 35.5. The molecule has 0 aliphatic carbocycles. The van der Waals surface area contributed by atoms with Crippen molar-refractivity contribution in [3.8, 4) is 0 Å². The molecule has 1 aromatic rings. The summed E-state index contributed by atoms with van der Waals surface area (Å²) >= 11 is 6.02. The van der Waals surface area contributed by atoms with Crippen LogP contribution in [0.3, 0.4) is 0 Å².